The van der Waals surface area contributed by atoms with Gasteiger partial charge in [-0.05, 0) is 31.9 Å². The summed E-state index contributed by atoms with van der Waals surface area (Å²) in [6.45, 7) is 3.34. The first-order valence-electron chi connectivity index (χ1n) is 5.16. The van der Waals surface area contributed by atoms with Crippen LogP contribution in [-0.2, 0) is 0 Å². The summed E-state index contributed by atoms with van der Waals surface area (Å²) in [6.07, 6.45) is 4.00. The van der Waals surface area contributed by atoms with Crippen molar-refractivity contribution in [3.63, 3.8) is 0 Å². The monoisotopic (exact) mass is 211 g/mol. The lowest BCUT2D eigenvalue weighted by molar-refractivity contribution is 0.412. The quantitative estimate of drug-likeness (QED) is 0.752. The number of hydrogen-bond acceptors (Lipinski definition) is 1. The minimum absolute atomic E-state index is 0. The lowest BCUT2D eigenvalue weighted by atomic mass is 9.96. The number of piperidine rings is 1. The highest BCUT2D eigenvalue weighted by atomic mass is 35.5. The average Bonchev–Trinajstić information content (AvgIpc) is 2.19. The molecular formula is C12H18ClN. The summed E-state index contributed by atoms with van der Waals surface area (Å²) in [5.41, 5.74) is 2.82. The number of benzene rings is 1. The summed E-state index contributed by atoms with van der Waals surface area (Å²) in [4.78, 5) is 0. The fourth-order valence-corrected chi connectivity index (χ4v) is 2.02. The highest BCUT2D eigenvalue weighted by molar-refractivity contribution is 5.85. The third-order valence-corrected chi connectivity index (χ3v) is 2.75. The summed E-state index contributed by atoms with van der Waals surface area (Å²) in [5, 5.41) is 3.56. The Labute approximate surface area is 92.3 Å². The van der Waals surface area contributed by atoms with Crippen LogP contribution < -0.4 is 5.32 Å². The van der Waals surface area contributed by atoms with Crippen LogP contribution in [0.1, 0.15) is 36.4 Å². The van der Waals surface area contributed by atoms with Gasteiger partial charge in [0.2, 0.25) is 0 Å². The normalized spacial score (nSPS) is 21.4. The third-order valence-electron chi connectivity index (χ3n) is 2.75. The van der Waals surface area contributed by atoms with Crippen LogP contribution in [-0.4, -0.2) is 6.54 Å². The van der Waals surface area contributed by atoms with E-state index in [0.29, 0.717) is 6.04 Å². The molecule has 0 radical (unpaired) electrons. The van der Waals surface area contributed by atoms with Gasteiger partial charge in [-0.1, -0.05) is 36.2 Å². The maximum atomic E-state index is 3.56. The molecule has 0 amide bonds. The van der Waals surface area contributed by atoms with Gasteiger partial charge in [0.1, 0.15) is 0 Å². The SMILES string of the molecule is Cc1cccc([C@@H]2CCCCN2)c1.Cl. The van der Waals surface area contributed by atoms with Crippen molar-refractivity contribution >= 4 is 12.4 Å². The molecule has 0 bridgehead atoms. The molecule has 1 saturated heterocycles. The molecule has 1 fully saturated rings. The summed E-state index contributed by atoms with van der Waals surface area (Å²) >= 11 is 0. The molecule has 0 aromatic heterocycles. The van der Waals surface area contributed by atoms with Crippen LogP contribution >= 0.6 is 12.4 Å². The van der Waals surface area contributed by atoms with Gasteiger partial charge in [0.05, 0.1) is 0 Å². The van der Waals surface area contributed by atoms with Gasteiger partial charge < -0.3 is 5.32 Å². The zero-order valence-corrected chi connectivity index (χ0v) is 9.44. The molecular weight excluding hydrogens is 194 g/mol. The van der Waals surface area contributed by atoms with Crippen LogP contribution in [0.15, 0.2) is 24.3 Å². The number of halogens is 1. The largest absolute Gasteiger partial charge is 0.310 e. The third kappa shape index (κ3) is 2.73. The van der Waals surface area contributed by atoms with Crippen LogP contribution in [0.25, 0.3) is 0 Å². The molecule has 0 aliphatic carbocycles. The maximum Gasteiger partial charge on any atom is 0.0320 e. The fraction of sp³-hybridized carbons (Fsp3) is 0.500. The zero-order valence-electron chi connectivity index (χ0n) is 8.62. The first-order chi connectivity index (χ1) is 6.36. The molecule has 1 aliphatic heterocycles. The van der Waals surface area contributed by atoms with E-state index in [1.165, 1.54) is 36.9 Å². The molecule has 0 saturated carbocycles. The second-order valence-electron chi connectivity index (χ2n) is 3.92. The Balaban J connectivity index is 0.000000980. The smallest absolute Gasteiger partial charge is 0.0320 e. The van der Waals surface area contributed by atoms with E-state index in [1.807, 2.05) is 0 Å². The Kier molecular flexibility index (Phi) is 4.43. The van der Waals surface area contributed by atoms with E-state index in [-0.39, 0.29) is 12.4 Å². The van der Waals surface area contributed by atoms with Gasteiger partial charge in [-0.25, -0.2) is 0 Å². The van der Waals surface area contributed by atoms with Crippen LogP contribution in [0, 0.1) is 6.92 Å². The Bertz CT molecular complexity index is 279. The molecule has 1 N–H and O–H groups in total. The minimum atomic E-state index is 0. The molecule has 1 heterocycles. The summed E-state index contributed by atoms with van der Waals surface area (Å²) < 4.78 is 0. The molecule has 1 aromatic rings. The zero-order chi connectivity index (χ0) is 9.10. The van der Waals surface area contributed by atoms with E-state index in [1.54, 1.807) is 0 Å². The van der Waals surface area contributed by atoms with E-state index < -0.39 is 0 Å². The van der Waals surface area contributed by atoms with Gasteiger partial charge in [0.15, 0.2) is 0 Å². The summed E-state index contributed by atoms with van der Waals surface area (Å²) in [6, 6.07) is 9.44. The lowest BCUT2D eigenvalue weighted by Crippen LogP contribution is -2.26. The van der Waals surface area contributed by atoms with Crippen molar-refractivity contribution in [3.05, 3.63) is 35.4 Å². The van der Waals surface area contributed by atoms with Crippen LogP contribution in [0.4, 0.5) is 0 Å². The van der Waals surface area contributed by atoms with Crippen molar-refractivity contribution in [2.45, 2.75) is 32.2 Å². The molecule has 1 atom stereocenters. The molecule has 0 unspecified atom stereocenters. The summed E-state index contributed by atoms with van der Waals surface area (Å²) in [5.74, 6) is 0. The van der Waals surface area contributed by atoms with Gasteiger partial charge in [0.25, 0.3) is 0 Å². The average molecular weight is 212 g/mol. The van der Waals surface area contributed by atoms with Crippen molar-refractivity contribution in [1.82, 2.24) is 5.32 Å². The summed E-state index contributed by atoms with van der Waals surface area (Å²) in [7, 11) is 0. The minimum Gasteiger partial charge on any atom is -0.310 e. The highest BCUT2D eigenvalue weighted by Gasteiger charge is 2.13. The van der Waals surface area contributed by atoms with Crippen LogP contribution in [0.5, 0.6) is 0 Å². The van der Waals surface area contributed by atoms with Crippen molar-refractivity contribution in [3.8, 4) is 0 Å². The van der Waals surface area contributed by atoms with Crippen molar-refractivity contribution in [2.24, 2.45) is 0 Å². The first kappa shape index (κ1) is 11.5. The van der Waals surface area contributed by atoms with Crippen molar-refractivity contribution in [1.29, 1.82) is 0 Å². The molecule has 2 heteroatoms. The number of rotatable bonds is 1. The number of aryl methyl sites for hydroxylation is 1. The lowest BCUT2D eigenvalue weighted by Gasteiger charge is -2.24. The second kappa shape index (κ2) is 5.38. The van der Waals surface area contributed by atoms with Gasteiger partial charge in [0, 0.05) is 6.04 Å². The molecule has 78 valence electrons. The second-order valence-corrected chi connectivity index (χ2v) is 3.92. The number of hydrogen-bond donors (Lipinski definition) is 1. The molecule has 14 heavy (non-hydrogen) atoms. The van der Waals surface area contributed by atoms with Crippen LogP contribution in [0.3, 0.4) is 0 Å². The van der Waals surface area contributed by atoms with E-state index in [9.17, 15) is 0 Å². The molecule has 1 aliphatic rings. The van der Waals surface area contributed by atoms with Crippen molar-refractivity contribution < 1.29 is 0 Å². The molecule has 2 rings (SSSR count). The Morgan fingerprint density at radius 2 is 2.14 bits per heavy atom. The Morgan fingerprint density at radius 3 is 2.79 bits per heavy atom. The van der Waals surface area contributed by atoms with Gasteiger partial charge >= 0.3 is 0 Å². The van der Waals surface area contributed by atoms with Crippen LogP contribution in [0.2, 0.25) is 0 Å². The molecule has 0 spiro atoms. The van der Waals surface area contributed by atoms with E-state index in [0.717, 1.165) is 0 Å². The standard InChI is InChI=1S/C12H17N.ClH/c1-10-5-4-6-11(9-10)12-7-2-3-8-13-12;/h4-6,9,12-13H,2-3,7-8H2,1H3;1H/t12-;/m0./s1. The van der Waals surface area contributed by atoms with Crippen molar-refractivity contribution in [2.75, 3.05) is 6.54 Å². The van der Waals surface area contributed by atoms with E-state index in [4.69, 9.17) is 0 Å². The molecule has 1 aromatic carbocycles. The van der Waals surface area contributed by atoms with E-state index in [2.05, 4.69) is 36.5 Å². The molecule has 1 nitrogen and oxygen atoms in total. The first-order valence-corrected chi connectivity index (χ1v) is 5.16. The van der Waals surface area contributed by atoms with Gasteiger partial charge in [-0.3, -0.25) is 0 Å². The number of nitrogens with one attached hydrogen (secondary N) is 1. The Morgan fingerprint density at radius 1 is 1.29 bits per heavy atom. The maximum absolute atomic E-state index is 3.56. The van der Waals surface area contributed by atoms with Gasteiger partial charge in [-0.2, -0.15) is 0 Å². The highest BCUT2D eigenvalue weighted by Crippen LogP contribution is 2.23. The van der Waals surface area contributed by atoms with Gasteiger partial charge in [-0.15, -0.1) is 12.4 Å². The topological polar surface area (TPSA) is 12.0 Å². The Hall–Kier alpha value is -0.530. The van der Waals surface area contributed by atoms with E-state index >= 15 is 0 Å². The fourth-order valence-electron chi connectivity index (χ4n) is 2.02. The predicted molar refractivity (Wildman–Crippen MR) is 63.0 cm³/mol. The predicted octanol–water partition coefficient (Wildman–Crippen LogP) is 3.23.